The van der Waals surface area contributed by atoms with E-state index in [1.807, 2.05) is 0 Å². The van der Waals surface area contributed by atoms with Crippen LogP contribution in [0.15, 0.2) is 11.6 Å². The van der Waals surface area contributed by atoms with Crippen LogP contribution in [0.4, 0.5) is 0 Å². The topological polar surface area (TPSA) is 55.4 Å². The van der Waals surface area contributed by atoms with E-state index < -0.39 is 0 Å². The van der Waals surface area contributed by atoms with Crippen LogP contribution in [0.2, 0.25) is 0 Å². The molecule has 1 aliphatic heterocycles. The molecule has 2 aliphatic rings. The van der Waals surface area contributed by atoms with Gasteiger partial charge >= 0.3 is 0 Å². The summed E-state index contributed by atoms with van der Waals surface area (Å²) in [7, 11) is 0. The van der Waals surface area contributed by atoms with Crippen molar-refractivity contribution in [2.45, 2.75) is 47.0 Å². The molecule has 1 fully saturated rings. The molecule has 0 spiro atoms. The van der Waals surface area contributed by atoms with Crippen LogP contribution in [-0.2, 0) is 14.3 Å². The van der Waals surface area contributed by atoms with E-state index in [-0.39, 0.29) is 18.4 Å². The lowest BCUT2D eigenvalue weighted by atomic mass is 9.68. The van der Waals surface area contributed by atoms with Gasteiger partial charge in [-0.3, -0.25) is 14.9 Å². The summed E-state index contributed by atoms with van der Waals surface area (Å²) >= 11 is 0. The maximum atomic E-state index is 11.5. The van der Waals surface area contributed by atoms with Gasteiger partial charge in [0, 0.05) is 18.3 Å². The summed E-state index contributed by atoms with van der Waals surface area (Å²) in [4.78, 5) is 22.6. The fourth-order valence-electron chi connectivity index (χ4n) is 3.65. The molecule has 4 nitrogen and oxygen atoms in total. The molecule has 22 heavy (non-hydrogen) atoms. The van der Waals surface area contributed by atoms with Crippen LogP contribution in [0.3, 0.4) is 0 Å². The maximum Gasteiger partial charge on any atom is 0.256 e. The quantitative estimate of drug-likeness (QED) is 0.768. The molecule has 1 saturated carbocycles. The van der Waals surface area contributed by atoms with Crippen molar-refractivity contribution < 1.29 is 14.3 Å². The molecule has 0 aromatic carbocycles. The Morgan fingerprint density at radius 2 is 1.68 bits per heavy atom. The first-order chi connectivity index (χ1) is 10.4. The lowest BCUT2D eigenvalue weighted by Gasteiger charge is -2.38. The second kappa shape index (κ2) is 7.40. The normalized spacial score (nSPS) is 29.2. The first-order valence-electron chi connectivity index (χ1n) is 8.50. The Balaban J connectivity index is 1.84. The van der Waals surface area contributed by atoms with E-state index in [1.54, 1.807) is 0 Å². The fourth-order valence-corrected chi connectivity index (χ4v) is 3.65. The van der Waals surface area contributed by atoms with Crippen LogP contribution in [0.1, 0.15) is 47.0 Å². The summed E-state index contributed by atoms with van der Waals surface area (Å²) in [5, 5.41) is 2.25. The summed E-state index contributed by atoms with van der Waals surface area (Å²) in [6.45, 7) is 10.2. The molecule has 2 atom stereocenters. The van der Waals surface area contributed by atoms with Crippen molar-refractivity contribution in [1.82, 2.24) is 5.32 Å². The van der Waals surface area contributed by atoms with E-state index >= 15 is 0 Å². The van der Waals surface area contributed by atoms with Gasteiger partial charge in [0.1, 0.15) is 0 Å². The fraction of sp³-hybridized carbons (Fsp3) is 0.778. The molecule has 4 heteroatoms. The van der Waals surface area contributed by atoms with Crippen molar-refractivity contribution in [2.24, 2.45) is 29.6 Å². The smallest absolute Gasteiger partial charge is 0.256 e. The zero-order chi connectivity index (χ0) is 16.3. The van der Waals surface area contributed by atoms with Gasteiger partial charge in [0.05, 0.1) is 6.61 Å². The molecule has 1 N–H and O–H groups in total. The lowest BCUT2D eigenvalue weighted by Crippen LogP contribution is -2.31. The Labute approximate surface area is 133 Å². The molecular formula is C18H29NO3. The van der Waals surface area contributed by atoms with Crippen LogP contribution in [0.25, 0.3) is 0 Å². The highest BCUT2D eigenvalue weighted by atomic mass is 16.5. The number of nitrogens with one attached hydrogen (secondary N) is 1. The van der Waals surface area contributed by atoms with Crippen molar-refractivity contribution in [3.8, 4) is 0 Å². The van der Waals surface area contributed by atoms with Gasteiger partial charge in [-0.2, -0.15) is 0 Å². The largest absolute Gasteiger partial charge is 0.376 e. The number of hydrogen-bond donors (Lipinski definition) is 1. The highest BCUT2D eigenvalue weighted by molar-refractivity contribution is 6.16. The number of imide groups is 1. The summed E-state index contributed by atoms with van der Waals surface area (Å²) in [6.07, 6.45) is 5.10. The molecule has 0 bridgehead atoms. The minimum absolute atomic E-state index is 0.243. The Morgan fingerprint density at radius 1 is 1.09 bits per heavy atom. The SMILES string of the molecule is CC(C)[C@@H]1CC(COCC2=CC(=O)NC2=O)C[C@@H](C(C)C)C1. The molecule has 0 aromatic rings. The van der Waals surface area contributed by atoms with Crippen molar-refractivity contribution in [3.63, 3.8) is 0 Å². The minimum Gasteiger partial charge on any atom is -0.376 e. The van der Waals surface area contributed by atoms with E-state index in [0.29, 0.717) is 29.9 Å². The van der Waals surface area contributed by atoms with E-state index in [0.717, 1.165) is 11.8 Å². The molecular weight excluding hydrogens is 278 g/mol. The highest BCUT2D eigenvalue weighted by Crippen LogP contribution is 2.40. The number of carbonyl (C=O) groups excluding carboxylic acids is 2. The third-order valence-electron chi connectivity index (χ3n) is 5.21. The molecule has 0 radical (unpaired) electrons. The van der Waals surface area contributed by atoms with Crippen LogP contribution >= 0.6 is 0 Å². The number of ether oxygens (including phenoxy) is 1. The molecule has 124 valence electrons. The predicted octanol–water partition coefficient (Wildman–Crippen LogP) is 2.93. The predicted molar refractivity (Wildman–Crippen MR) is 86.0 cm³/mol. The van der Waals surface area contributed by atoms with Crippen molar-refractivity contribution in [1.29, 1.82) is 0 Å². The van der Waals surface area contributed by atoms with Crippen molar-refractivity contribution in [3.05, 3.63) is 11.6 Å². The first-order valence-corrected chi connectivity index (χ1v) is 8.50. The average Bonchev–Trinajstić information content (AvgIpc) is 2.76. The monoisotopic (exact) mass is 307 g/mol. The van der Waals surface area contributed by atoms with Crippen molar-refractivity contribution >= 4 is 11.8 Å². The van der Waals surface area contributed by atoms with Crippen LogP contribution < -0.4 is 5.32 Å². The molecule has 0 unspecified atom stereocenters. The summed E-state index contributed by atoms with van der Waals surface area (Å²) < 4.78 is 5.75. The number of carbonyl (C=O) groups is 2. The average molecular weight is 307 g/mol. The summed E-state index contributed by atoms with van der Waals surface area (Å²) in [5.41, 5.74) is 0.446. The third-order valence-corrected chi connectivity index (χ3v) is 5.21. The molecule has 0 aromatic heterocycles. The number of amides is 2. The standard InChI is InChI=1S/C18H29NO3/c1-11(2)14-5-13(6-15(7-14)12(3)4)9-22-10-16-8-17(20)19-18(16)21/h8,11-15H,5-7,9-10H2,1-4H3,(H,19,20,21)/t14-,15-/m1/s1. The molecule has 1 aliphatic carbocycles. The second-order valence-electron chi connectivity index (χ2n) is 7.58. The molecule has 0 saturated heterocycles. The number of hydrogen-bond acceptors (Lipinski definition) is 3. The van der Waals surface area contributed by atoms with Gasteiger partial charge in [0.25, 0.3) is 11.8 Å². The van der Waals surface area contributed by atoms with Gasteiger partial charge in [-0.15, -0.1) is 0 Å². The molecule has 1 heterocycles. The minimum atomic E-state index is -0.332. The van der Waals surface area contributed by atoms with Crippen LogP contribution in [-0.4, -0.2) is 25.0 Å². The highest BCUT2D eigenvalue weighted by Gasteiger charge is 2.32. The third kappa shape index (κ3) is 4.42. The van der Waals surface area contributed by atoms with E-state index in [1.165, 1.54) is 25.3 Å². The van der Waals surface area contributed by atoms with Gasteiger partial charge in [-0.05, 0) is 48.9 Å². The van der Waals surface area contributed by atoms with E-state index in [4.69, 9.17) is 4.74 Å². The Kier molecular flexibility index (Phi) is 5.79. The lowest BCUT2D eigenvalue weighted by molar-refractivity contribution is -0.124. The summed E-state index contributed by atoms with van der Waals surface area (Å²) in [5.74, 6) is 2.88. The van der Waals surface area contributed by atoms with Gasteiger partial charge < -0.3 is 4.74 Å². The molecule has 2 amide bonds. The zero-order valence-corrected chi connectivity index (χ0v) is 14.2. The van der Waals surface area contributed by atoms with Crippen LogP contribution in [0.5, 0.6) is 0 Å². The van der Waals surface area contributed by atoms with Gasteiger partial charge in [0.15, 0.2) is 0 Å². The Morgan fingerprint density at radius 3 is 2.14 bits per heavy atom. The first kappa shape index (κ1) is 17.2. The van der Waals surface area contributed by atoms with Gasteiger partial charge in [0.2, 0.25) is 0 Å². The van der Waals surface area contributed by atoms with E-state index in [9.17, 15) is 9.59 Å². The van der Waals surface area contributed by atoms with Crippen LogP contribution in [0, 0.1) is 29.6 Å². The number of rotatable bonds is 6. The zero-order valence-electron chi connectivity index (χ0n) is 14.2. The Bertz CT molecular complexity index is 437. The Hall–Kier alpha value is -1.16. The van der Waals surface area contributed by atoms with E-state index in [2.05, 4.69) is 33.0 Å². The van der Waals surface area contributed by atoms with Gasteiger partial charge in [-0.25, -0.2) is 0 Å². The maximum absolute atomic E-state index is 11.5. The van der Waals surface area contributed by atoms with Gasteiger partial charge in [-0.1, -0.05) is 27.7 Å². The summed E-state index contributed by atoms with van der Waals surface area (Å²) in [6, 6.07) is 0. The van der Waals surface area contributed by atoms with Crippen molar-refractivity contribution in [2.75, 3.05) is 13.2 Å². The molecule has 2 rings (SSSR count). The second-order valence-corrected chi connectivity index (χ2v) is 7.58.